The highest BCUT2D eigenvalue weighted by molar-refractivity contribution is 6.31. The molecular weight excluding hydrogens is 368 g/mol. The Labute approximate surface area is 163 Å². The van der Waals surface area contributed by atoms with Gasteiger partial charge in [-0.3, -0.25) is 0 Å². The number of halogens is 1. The summed E-state index contributed by atoms with van der Waals surface area (Å²) < 4.78 is 10.6. The minimum Gasteiger partial charge on any atom is -0.465 e. The Morgan fingerprint density at radius 3 is 2.63 bits per heavy atom. The minimum absolute atomic E-state index is 0.111. The van der Waals surface area contributed by atoms with E-state index in [1.54, 1.807) is 12.1 Å². The van der Waals surface area contributed by atoms with E-state index in [0.29, 0.717) is 29.8 Å². The largest absolute Gasteiger partial charge is 0.465 e. The van der Waals surface area contributed by atoms with Crippen molar-refractivity contribution in [1.82, 2.24) is 0 Å². The fourth-order valence-electron chi connectivity index (χ4n) is 3.35. The maximum atomic E-state index is 11.5. The molecule has 0 aliphatic carbocycles. The Kier molecular flexibility index (Phi) is 6.50. The highest BCUT2D eigenvalue weighted by atomic mass is 35.5. The highest BCUT2D eigenvalue weighted by Crippen LogP contribution is 2.33. The number of carbonyl (C=O) groups excluding carboxylic acids is 1. The van der Waals surface area contributed by atoms with E-state index in [4.69, 9.17) is 21.1 Å². The number of hydrogen-bond donors (Lipinski definition) is 2. The summed E-state index contributed by atoms with van der Waals surface area (Å²) in [6.45, 7) is -0.111. The number of esters is 1. The van der Waals surface area contributed by atoms with Gasteiger partial charge in [-0.1, -0.05) is 35.9 Å². The lowest BCUT2D eigenvalue weighted by molar-refractivity contribution is -0.113. The maximum absolute atomic E-state index is 11.5. The molecule has 1 fully saturated rings. The Balaban J connectivity index is 1.78. The van der Waals surface area contributed by atoms with E-state index in [-0.39, 0.29) is 24.8 Å². The van der Waals surface area contributed by atoms with Gasteiger partial charge in [0.1, 0.15) is 0 Å². The second-order valence-electron chi connectivity index (χ2n) is 6.77. The van der Waals surface area contributed by atoms with Crippen LogP contribution < -0.4 is 0 Å². The van der Waals surface area contributed by atoms with E-state index in [9.17, 15) is 15.0 Å². The number of ether oxygens (including phenoxy) is 2. The van der Waals surface area contributed by atoms with E-state index in [1.165, 1.54) is 7.11 Å². The average Bonchev–Trinajstić information content (AvgIpc) is 2.69. The van der Waals surface area contributed by atoms with Crippen LogP contribution in [0.15, 0.2) is 42.5 Å². The summed E-state index contributed by atoms with van der Waals surface area (Å²) in [5.74, 6) is -0.368. The van der Waals surface area contributed by atoms with Crippen molar-refractivity contribution in [2.24, 2.45) is 0 Å². The van der Waals surface area contributed by atoms with E-state index in [0.717, 1.165) is 16.7 Å². The van der Waals surface area contributed by atoms with Crippen molar-refractivity contribution in [1.29, 1.82) is 0 Å². The van der Waals surface area contributed by atoms with Gasteiger partial charge in [0.2, 0.25) is 0 Å². The van der Waals surface area contributed by atoms with Gasteiger partial charge in [-0.15, -0.1) is 0 Å². The monoisotopic (exact) mass is 390 g/mol. The Morgan fingerprint density at radius 2 is 1.96 bits per heavy atom. The highest BCUT2D eigenvalue weighted by Gasteiger charge is 2.29. The number of rotatable bonds is 5. The molecule has 0 spiro atoms. The molecule has 0 bridgehead atoms. The third kappa shape index (κ3) is 4.87. The van der Waals surface area contributed by atoms with Crippen molar-refractivity contribution < 1.29 is 24.5 Å². The first-order valence-electron chi connectivity index (χ1n) is 8.90. The molecule has 0 radical (unpaired) electrons. The summed E-state index contributed by atoms with van der Waals surface area (Å²) in [5.41, 5.74) is 3.38. The molecule has 2 N–H and O–H groups in total. The van der Waals surface area contributed by atoms with Crippen LogP contribution in [0, 0.1) is 0 Å². The van der Waals surface area contributed by atoms with Crippen molar-refractivity contribution in [3.63, 3.8) is 0 Å². The first-order valence-corrected chi connectivity index (χ1v) is 9.28. The summed E-state index contributed by atoms with van der Waals surface area (Å²) in [6.07, 6.45) is 0.413. The molecule has 144 valence electrons. The summed E-state index contributed by atoms with van der Waals surface area (Å²) >= 11 is 6.37. The molecule has 6 heteroatoms. The summed E-state index contributed by atoms with van der Waals surface area (Å²) in [5, 5.41) is 20.0. The van der Waals surface area contributed by atoms with Crippen LogP contribution in [0.25, 0.3) is 0 Å². The molecule has 2 aromatic rings. The molecule has 5 nitrogen and oxygen atoms in total. The predicted molar refractivity (Wildman–Crippen MR) is 102 cm³/mol. The zero-order chi connectivity index (χ0) is 19.4. The van der Waals surface area contributed by atoms with Gasteiger partial charge < -0.3 is 19.7 Å². The Morgan fingerprint density at radius 1 is 1.22 bits per heavy atom. The zero-order valence-electron chi connectivity index (χ0n) is 15.1. The van der Waals surface area contributed by atoms with Gasteiger partial charge >= 0.3 is 5.97 Å². The van der Waals surface area contributed by atoms with E-state index in [2.05, 4.69) is 0 Å². The normalized spacial score (nSPS) is 22.4. The van der Waals surface area contributed by atoms with Gasteiger partial charge in [-0.05, 0) is 41.3 Å². The third-order valence-electron chi connectivity index (χ3n) is 4.79. The lowest BCUT2D eigenvalue weighted by Gasteiger charge is -2.32. The molecule has 3 rings (SSSR count). The van der Waals surface area contributed by atoms with Crippen molar-refractivity contribution in [2.45, 2.75) is 37.6 Å². The van der Waals surface area contributed by atoms with Crippen LogP contribution in [-0.4, -0.2) is 42.1 Å². The quantitative estimate of drug-likeness (QED) is 0.766. The molecule has 0 amide bonds. The molecule has 0 aromatic heterocycles. The van der Waals surface area contributed by atoms with E-state index < -0.39 is 6.10 Å². The van der Waals surface area contributed by atoms with Crippen molar-refractivity contribution in [2.75, 3.05) is 13.7 Å². The molecule has 0 saturated carbocycles. The molecule has 3 unspecified atom stereocenters. The lowest BCUT2D eigenvalue weighted by Crippen LogP contribution is -2.33. The number of methoxy groups -OCH3 is 1. The van der Waals surface area contributed by atoms with E-state index in [1.807, 2.05) is 30.3 Å². The molecule has 1 heterocycles. The van der Waals surface area contributed by atoms with Crippen molar-refractivity contribution in [3.8, 4) is 0 Å². The van der Waals surface area contributed by atoms with Crippen molar-refractivity contribution >= 4 is 17.6 Å². The SMILES string of the molecule is COC(=O)c1ccc(Cc2cc(C3CC(O)CC(CO)O3)ccc2Cl)cc1. The van der Waals surface area contributed by atoms with Gasteiger partial charge in [0.15, 0.2) is 0 Å². The Hall–Kier alpha value is -1.92. The van der Waals surface area contributed by atoms with Crippen LogP contribution in [-0.2, 0) is 15.9 Å². The van der Waals surface area contributed by atoms with E-state index >= 15 is 0 Å². The maximum Gasteiger partial charge on any atom is 0.337 e. The van der Waals surface area contributed by atoms with Crippen LogP contribution in [0.2, 0.25) is 5.02 Å². The average molecular weight is 391 g/mol. The van der Waals surface area contributed by atoms with Crippen molar-refractivity contribution in [3.05, 3.63) is 69.7 Å². The Bertz CT molecular complexity index is 790. The van der Waals surface area contributed by atoms with Crippen LogP contribution in [0.4, 0.5) is 0 Å². The molecule has 2 aromatic carbocycles. The van der Waals surface area contributed by atoms with Gasteiger partial charge in [0, 0.05) is 17.9 Å². The van der Waals surface area contributed by atoms with Crippen LogP contribution in [0.1, 0.15) is 46.0 Å². The standard InChI is InChI=1S/C21H23ClO5/c1-26-21(25)14-4-2-13(3-5-14)8-16-9-15(6-7-19(16)22)20-11-17(24)10-18(12-23)27-20/h2-7,9,17-18,20,23-24H,8,10-12H2,1H3. The molecule has 3 atom stereocenters. The second kappa shape index (κ2) is 8.85. The minimum atomic E-state index is -0.495. The first kappa shape index (κ1) is 19.8. The molecule has 1 aliphatic rings. The first-order chi connectivity index (χ1) is 13.0. The number of benzene rings is 2. The summed E-state index contributed by atoms with van der Waals surface area (Å²) in [7, 11) is 1.35. The molecule has 27 heavy (non-hydrogen) atoms. The zero-order valence-corrected chi connectivity index (χ0v) is 15.9. The van der Waals surface area contributed by atoms with Gasteiger partial charge in [0.05, 0.1) is 37.6 Å². The van der Waals surface area contributed by atoms with Crippen LogP contribution >= 0.6 is 11.6 Å². The van der Waals surface area contributed by atoms with Gasteiger partial charge in [-0.25, -0.2) is 4.79 Å². The third-order valence-corrected chi connectivity index (χ3v) is 5.16. The molecule has 1 saturated heterocycles. The lowest BCUT2D eigenvalue weighted by atomic mass is 9.94. The smallest absolute Gasteiger partial charge is 0.337 e. The number of aliphatic hydroxyl groups excluding tert-OH is 2. The topological polar surface area (TPSA) is 76.0 Å². The number of aliphatic hydroxyl groups is 2. The van der Waals surface area contributed by atoms with Crippen LogP contribution in [0.5, 0.6) is 0 Å². The number of carbonyl (C=O) groups is 1. The molecule has 1 aliphatic heterocycles. The predicted octanol–water partition coefficient (Wildman–Crippen LogP) is 3.29. The molecular formula is C21H23ClO5. The number of hydrogen-bond acceptors (Lipinski definition) is 5. The van der Waals surface area contributed by atoms with Gasteiger partial charge in [-0.2, -0.15) is 0 Å². The van der Waals surface area contributed by atoms with Gasteiger partial charge in [0.25, 0.3) is 0 Å². The fourth-order valence-corrected chi connectivity index (χ4v) is 3.53. The second-order valence-corrected chi connectivity index (χ2v) is 7.18. The summed E-state index contributed by atoms with van der Waals surface area (Å²) in [6, 6.07) is 12.9. The summed E-state index contributed by atoms with van der Waals surface area (Å²) in [4.78, 5) is 11.5. The van der Waals surface area contributed by atoms with Crippen LogP contribution in [0.3, 0.4) is 0 Å². The fraction of sp³-hybridized carbons (Fsp3) is 0.381.